The molecule has 0 spiro atoms. The van der Waals surface area contributed by atoms with Crippen LogP contribution < -0.4 is 0 Å². The van der Waals surface area contributed by atoms with E-state index < -0.39 is 0 Å². The molecule has 1 N–H and O–H groups in total. The summed E-state index contributed by atoms with van der Waals surface area (Å²) < 4.78 is 0. The van der Waals surface area contributed by atoms with Crippen molar-refractivity contribution in [2.45, 2.75) is 46.0 Å². The molecular formula is C16H20N2. The molecule has 2 nitrogen and oxygen atoms in total. The van der Waals surface area contributed by atoms with Crippen LogP contribution in [0.3, 0.4) is 0 Å². The second kappa shape index (κ2) is 4.27. The van der Waals surface area contributed by atoms with Crippen LogP contribution in [-0.4, -0.2) is 9.97 Å². The van der Waals surface area contributed by atoms with Crippen LogP contribution in [-0.2, 0) is 19.3 Å². The fraction of sp³-hybridized carbons (Fsp3) is 0.438. The second-order valence-electron chi connectivity index (χ2n) is 5.65. The van der Waals surface area contributed by atoms with Crippen molar-refractivity contribution in [3.63, 3.8) is 0 Å². The summed E-state index contributed by atoms with van der Waals surface area (Å²) in [6.45, 7) is 6.55. The number of nitrogens with zero attached hydrogens (tertiary/aromatic N) is 1. The smallest absolute Gasteiger partial charge is 0.109 e. The van der Waals surface area contributed by atoms with Gasteiger partial charge in [0.15, 0.2) is 0 Å². The molecule has 1 aliphatic carbocycles. The first kappa shape index (κ1) is 11.5. The fourth-order valence-corrected chi connectivity index (χ4v) is 2.70. The first-order valence-electron chi connectivity index (χ1n) is 6.79. The molecule has 3 rings (SSSR count). The Kier molecular flexibility index (Phi) is 2.73. The van der Waals surface area contributed by atoms with E-state index in [-0.39, 0.29) is 0 Å². The van der Waals surface area contributed by atoms with Crippen molar-refractivity contribution in [2.24, 2.45) is 0 Å². The molecule has 18 heavy (non-hydrogen) atoms. The van der Waals surface area contributed by atoms with E-state index in [0.29, 0.717) is 5.92 Å². The zero-order valence-corrected chi connectivity index (χ0v) is 11.4. The first-order valence-corrected chi connectivity index (χ1v) is 6.79. The molecule has 0 atom stereocenters. The third-order valence-electron chi connectivity index (χ3n) is 3.79. The maximum atomic E-state index is 4.76. The summed E-state index contributed by atoms with van der Waals surface area (Å²) in [5.41, 5.74) is 6.89. The zero-order chi connectivity index (χ0) is 12.7. The predicted octanol–water partition coefficient (Wildman–Crippen LogP) is 3.53. The molecule has 0 radical (unpaired) electrons. The van der Waals surface area contributed by atoms with Gasteiger partial charge in [-0.3, -0.25) is 0 Å². The summed E-state index contributed by atoms with van der Waals surface area (Å²) in [7, 11) is 0. The highest BCUT2D eigenvalue weighted by Crippen LogP contribution is 2.25. The highest BCUT2D eigenvalue weighted by Gasteiger charge is 2.18. The summed E-state index contributed by atoms with van der Waals surface area (Å²) in [6, 6.07) is 6.81. The van der Waals surface area contributed by atoms with E-state index in [2.05, 4.69) is 44.0 Å². The summed E-state index contributed by atoms with van der Waals surface area (Å²) in [5.74, 6) is 1.62. The van der Waals surface area contributed by atoms with Gasteiger partial charge in [0.2, 0.25) is 0 Å². The van der Waals surface area contributed by atoms with Gasteiger partial charge in [-0.15, -0.1) is 0 Å². The van der Waals surface area contributed by atoms with Crippen molar-refractivity contribution in [3.05, 3.63) is 52.1 Å². The lowest BCUT2D eigenvalue weighted by Crippen LogP contribution is -1.96. The van der Waals surface area contributed by atoms with E-state index in [1.54, 1.807) is 0 Å². The molecule has 2 heteroatoms. The van der Waals surface area contributed by atoms with Crippen LogP contribution in [0, 0.1) is 6.92 Å². The van der Waals surface area contributed by atoms with Gasteiger partial charge in [-0.25, -0.2) is 4.98 Å². The van der Waals surface area contributed by atoms with E-state index >= 15 is 0 Å². The fourth-order valence-electron chi connectivity index (χ4n) is 2.70. The normalized spacial score (nSPS) is 14.2. The van der Waals surface area contributed by atoms with Gasteiger partial charge in [0, 0.05) is 18.0 Å². The van der Waals surface area contributed by atoms with Crippen LogP contribution in [0.25, 0.3) is 0 Å². The quantitative estimate of drug-likeness (QED) is 0.811. The highest BCUT2D eigenvalue weighted by molar-refractivity contribution is 5.38. The van der Waals surface area contributed by atoms with Gasteiger partial charge in [-0.2, -0.15) is 0 Å². The average Bonchev–Trinajstić information content (AvgIpc) is 2.64. The molecular weight excluding hydrogens is 220 g/mol. The number of aromatic amines is 1. The van der Waals surface area contributed by atoms with E-state index in [4.69, 9.17) is 4.98 Å². The van der Waals surface area contributed by atoms with Gasteiger partial charge in [0.05, 0.1) is 5.69 Å². The lowest BCUT2D eigenvalue weighted by Gasteiger charge is -2.06. The van der Waals surface area contributed by atoms with E-state index in [0.717, 1.165) is 25.1 Å². The Morgan fingerprint density at radius 3 is 2.78 bits per heavy atom. The zero-order valence-electron chi connectivity index (χ0n) is 11.4. The molecule has 1 aliphatic rings. The molecule has 2 aromatic rings. The Bertz CT molecular complexity index is 579. The molecule has 0 fully saturated rings. The van der Waals surface area contributed by atoms with Gasteiger partial charge < -0.3 is 4.98 Å². The standard InChI is InChI=1S/C16H20N2/c1-10(2)16-17-14-7-6-12-5-4-11(3)8-13(12)9-15(14)18-16/h4-5,8,10H,6-7,9H2,1-3H3,(H,17,18). The topological polar surface area (TPSA) is 28.7 Å². The van der Waals surface area contributed by atoms with Crippen LogP contribution in [0.4, 0.5) is 0 Å². The van der Waals surface area contributed by atoms with Gasteiger partial charge in [0.1, 0.15) is 5.82 Å². The Balaban J connectivity index is 2.02. The Morgan fingerprint density at radius 1 is 1.17 bits per heavy atom. The number of hydrogen-bond acceptors (Lipinski definition) is 1. The van der Waals surface area contributed by atoms with Crippen LogP contribution in [0.2, 0.25) is 0 Å². The van der Waals surface area contributed by atoms with Gasteiger partial charge in [0.25, 0.3) is 0 Å². The minimum atomic E-state index is 0.480. The van der Waals surface area contributed by atoms with Crippen LogP contribution in [0.15, 0.2) is 18.2 Å². The van der Waals surface area contributed by atoms with E-state index in [1.165, 1.54) is 28.1 Å². The van der Waals surface area contributed by atoms with Gasteiger partial charge in [-0.05, 0) is 30.9 Å². The Hall–Kier alpha value is -1.57. The lowest BCUT2D eigenvalue weighted by atomic mass is 10.0. The first-order chi connectivity index (χ1) is 8.63. The summed E-state index contributed by atoms with van der Waals surface area (Å²) >= 11 is 0. The number of imidazole rings is 1. The predicted molar refractivity (Wildman–Crippen MR) is 74.1 cm³/mol. The highest BCUT2D eigenvalue weighted by atomic mass is 14.9. The number of rotatable bonds is 1. The monoisotopic (exact) mass is 240 g/mol. The maximum absolute atomic E-state index is 4.76. The molecule has 0 saturated carbocycles. The minimum Gasteiger partial charge on any atom is -0.345 e. The molecule has 0 saturated heterocycles. The number of fused-ring (bicyclic) bond motifs is 2. The molecule has 0 amide bonds. The summed E-state index contributed by atoms with van der Waals surface area (Å²) in [6.07, 6.45) is 3.19. The largest absolute Gasteiger partial charge is 0.345 e. The number of hydrogen-bond donors (Lipinski definition) is 1. The molecule has 1 aromatic carbocycles. The number of nitrogens with one attached hydrogen (secondary N) is 1. The maximum Gasteiger partial charge on any atom is 0.109 e. The Morgan fingerprint density at radius 2 is 2.00 bits per heavy atom. The minimum absolute atomic E-state index is 0.480. The lowest BCUT2D eigenvalue weighted by molar-refractivity contribution is 0.782. The van der Waals surface area contributed by atoms with Gasteiger partial charge >= 0.3 is 0 Å². The van der Waals surface area contributed by atoms with Crippen molar-refractivity contribution in [2.75, 3.05) is 0 Å². The van der Waals surface area contributed by atoms with Crippen molar-refractivity contribution < 1.29 is 0 Å². The van der Waals surface area contributed by atoms with Crippen LogP contribution in [0.5, 0.6) is 0 Å². The number of benzene rings is 1. The summed E-state index contributed by atoms with van der Waals surface area (Å²) in [5, 5.41) is 0. The van der Waals surface area contributed by atoms with Crippen molar-refractivity contribution in [3.8, 4) is 0 Å². The van der Waals surface area contributed by atoms with Crippen molar-refractivity contribution in [1.82, 2.24) is 9.97 Å². The number of H-pyrrole nitrogens is 1. The Labute approximate surface area is 108 Å². The van der Waals surface area contributed by atoms with E-state index in [1.807, 2.05) is 0 Å². The molecule has 0 bridgehead atoms. The molecule has 1 heterocycles. The van der Waals surface area contributed by atoms with Crippen molar-refractivity contribution >= 4 is 0 Å². The SMILES string of the molecule is Cc1ccc2c(c1)Cc1[nH]c(C(C)C)nc1CC2. The average molecular weight is 240 g/mol. The molecule has 1 aromatic heterocycles. The van der Waals surface area contributed by atoms with Crippen LogP contribution >= 0.6 is 0 Å². The molecule has 0 aliphatic heterocycles. The molecule has 0 unspecified atom stereocenters. The summed E-state index contributed by atoms with van der Waals surface area (Å²) in [4.78, 5) is 8.28. The van der Waals surface area contributed by atoms with Crippen LogP contribution in [0.1, 0.15) is 53.7 Å². The third-order valence-corrected chi connectivity index (χ3v) is 3.79. The number of aryl methyl sites for hydroxylation is 3. The molecule has 94 valence electrons. The van der Waals surface area contributed by atoms with Gasteiger partial charge in [-0.1, -0.05) is 37.6 Å². The van der Waals surface area contributed by atoms with E-state index in [9.17, 15) is 0 Å². The second-order valence-corrected chi connectivity index (χ2v) is 5.65. The third kappa shape index (κ3) is 1.96. The number of aromatic nitrogens is 2. The van der Waals surface area contributed by atoms with Crippen molar-refractivity contribution in [1.29, 1.82) is 0 Å².